The van der Waals surface area contributed by atoms with Crippen molar-refractivity contribution in [2.24, 2.45) is 0 Å². The van der Waals surface area contributed by atoms with Crippen LogP contribution in [0.15, 0.2) is 46.3 Å². The minimum Gasteiger partial charge on any atom is -0.290 e. The first-order valence-corrected chi connectivity index (χ1v) is 5.94. The molecule has 0 saturated carbocycles. The quantitative estimate of drug-likeness (QED) is 0.593. The number of allylic oxidation sites excluding steroid dienone is 5. The average molecular weight is 206 g/mol. The molecule has 0 amide bonds. The maximum absolute atomic E-state index is 11.6. The molecule has 0 aromatic heterocycles. The molecule has 0 saturated heterocycles. The van der Waals surface area contributed by atoms with Gasteiger partial charge in [-0.25, -0.2) is 0 Å². The van der Waals surface area contributed by atoms with Crippen molar-refractivity contribution >= 4 is 27.0 Å². The lowest BCUT2D eigenvalue weighted by Crippen LogP contribution is -1.96. The van der Waals surface area contributed by atoms with E-state index in [0.29, 0.717) is 9.52 Å². The molecule has 2 heteroatoms. The van der Waals surface area contributed by atoms with Crippen molar-refractivity contribution < 1.29 is 4.79 Å². The van der Waals surface area contributed by atoms with Gasteiger partial charge in [-0.2, -0.15) is 0 Å². The summed E-state index contributed by atoms with van der Waals surface area (Å²) in [4.78, 5) is 11.6. The molecule has 68 valence electrons. The minimum absolute atomic E-state index is 0.229. The fourth-order valence-corrected chi connectivity index (χ4v) is 3.27. The molecule has 2 aliphatic carbocycles. The lowest BCUT2D eigenvalue weighted by atomic mass is 9.97. The molecular formula is C13H6OSi. The highest BCUT2D eigenvalue weighted by Gasteiger charge is 2.38. The second-order valence-electron chi connectivity index (χ2n) is 3.94. The van der Waals surface area contributed by atoms with E-state index >= 15 is 0 Å². The highest BCUT2D eigenvalue weighted by atomic mass is 28.2. The van der Waals surface area contributed by atoms with E-state index in [9.17, 15) is 4.79 Å². The molecule has 1 aromatic carbocycles. The standard InChI is InChI=1S/C13H6OSi/c14-11-6-9-8-4-2-1-3-7(8)5-10(9)12-13(11)15-12/h1-6H. The molecule has 0 spiro atoms. The predicted molar refractivity (Wildman–Crippen MR) is 60.2 cm³/mol. The first-order chi connectivity index (χ1) is 7.34. The zero-order valence-electron chi connectivity index (χ0n) is 7.87. The Labute approximate surface area is 89.6 Å². The fourth-order valence-electron chi connectivity index (χ4n) is 2.29. The monoisotopic (exact) mass is 206 g/mol. The molecule has 1 heterocycles. The summed E-state index contributed by atoms with van der Waals surface area (Å²) in [7, 11) is 0.663. The summed E-state index contributed by atoms with van der Waals surface area (Å²) in [5.74, 6) is 0.229. The van der Waals surface area contributed by atoms with Crippen LogP contribution in [0.2, 0.25) is 0 Å². The van der Waals surface area contributed by atoms with Crippen molar-refractivity contribution in [3.8, 4) is 0 Å². The van der Waals surface area contributed by atoms with Gasteiger partial charge in [-0.05, 0) is 44.8 Å². The Hall–Kier alpha value is -1.67. The van der Waals surface area contributed by atoms with Gasteiger partial charge in [0.15, 0.2) is 5.78 Å². The van der Waals surface area contributed by atoms with E-state index in [2.05, 4.69) is 18.2 Å². The number of carbonyl (C=O) groups is 1. The van der Waals surface area contributed by atoms with Gasteiger partial charge in [-0.1, -0.05) is 24.3 Å². The third kappa shape index (κ3) is 0.850. The number of hydrogen-bond acceptors (Lipinski definition) is 1. The summed E-state index contributed by atoms with van der Waals surface area (Å²) in [5, 5.41) is 2.35. The zero-order chi connectivity index (χ0) is 9.99. The van der Waals surface area contributed by atoms with Gasteiger partial charge in [-0.3, -0.25) is 4.79 Å². The Balaban J connectivity index is 2.03. The van der Waals surface area contributed by atoms with E-state index in [-0.39, 0.29) is 5.78 Å². The predicted octanol–water partition coefficient (Wildman–Crippen LogP) is 1.98. The van der Waals surface area contributed by atoms with Crippen molar-refractivity contribution in [2.75, 3.05) is 0 Å². The topological polar surface area (TPSA) is 17.1 Å². The Morgan fingerprint density at radius 3 is 2.73 bits per heavy atom. The number of fused-ring (bicyclic) bond motifs is 4. The third-order valence-electron chi connectivity index (χ3n) is 3.07. The molecule has 15 heavy (non-hydrogen) atoms. The smallest absolute Gasteiger partial charge is 0.178 e. The molecule has 0 atom stereocenters. The first-order valence-electron chi connectivity index (χ1n) is 4.94. The minimum atomic E-state index is 0.229. The number of hydrogen-bond donors (Lipinski definition) is 0. The van der Waals surface area contributed by atoms with Crippen molar-refractivity contribution in [1.82, 2.24) is 0 Å². The van der Waals surface area contributed by atoms with Gasteiger partial charge >= 0.3 is 0 Å². The van der Waals surface area contributed by atoms with Crippen molar-refractivity contribution in [3.63, 3.8) is 0 Å². The van der Waals surface area contributed by atoms with Crippen LogP contribution in [0, 0.1) is 0 Å². The van der Waals surface area contributed by atoms with Crippen LogP contribution in [0.1, 0.15) is 11.1 Å². The van der Waals surface area contributed by atoms with Gasteiger partial charge in [0, 0.05) is 0 Å². The van der Waals surface area contributed by atoms with E-state index < -0.39 is 0 Å². The second kappa shape index (κ2) is 2.28. The van der Waals surface area contributed by atoms with E-state index in [1.807, 2.05) is 12.1 Å². The first kappa shape index (κ1) is 7.60. The van der Waals surface area contributed by atoms with Crippen molar-refractivity contribution in [3.05, 3.63) is 57.4 Å². The maximum Gasteiger partial charge on any atom is 0.178 e. The highest BCUT2D eigenvalue weighted by Crippen LogP contribution is 2.47. The summed E-state index contributed by atoms with van der Waals surface area (Å²) in [6.45, 7) is 0. The Bertz CT molecular complexity index is 617. The van der Waals surface area contributed by atoms with Gasteiger partial charge in [0.25, 0.3) is 0 Å². The van der Waals surface area contributed by atoms with Gasteiger partial charge < -0.3 is 0 Å². The Kier molecular flexibility index (Phi) is 1.16. The normalized spacial score (nSPS) is 20.4. The van der Waals surface area contributed by atoms with E-state index in [1.54, 1.807) is 6.08 Å². The number of carbonyl (C=O) groups excluding carboxylic acids is 1. The van der Waals surface area contributed by atoms with Crippen LogP contribution in [-0.4, -0.2) is 15.3 Å². The second-order valence-corrected chi connectivity index (χ2v) is 5.19. The van der Waals surface area contributed by atoms with E-state index in [0.717, 1.165) is 10.8 Å². The Morgan fingerprint density at radius 2 is 1.80 bits per heavy atom. The summed E-state index contributed by atoms with van der Waals surface area (Å²) in [6, 6.07) is 8.27. The van der Waals surface area contributed by atoms with Crippen LogP contribution in [0.3, 0.4) is 0 Å². The lowest BCUT2D eigenvalue weighted by Gasteiger charge is -2.06. The molecule has 0 fully saturated rings. The fraction of sp³-hybridized carbons (Fsp3) is 0. The van der Waals surface area contributed by atoms with Crippen LogP contribution in [0.4, 0.5) is 0 Å². The highest BCUT2D eigenvalue weighted by molar-refractivity contribution is 6.78. The van der Waals surface area contributed by atoms with Gasteiger partial charge in [0.1, 0.15) is 9.52 Å². The molecule has 2 radical (unpaired) electrons. The number of rotatable bonds is 0. The molecule has 3 aliphatic rings. The van der Waals surface area contributed by atoms with Crippen molar-refractivity contribution in [2.45, 2.75) is 0 Å². The molecule has 0 bridgehead atoms. The molecule has 0 N–H and O–H groups in total. The zero-order valence-corrected chi connectivity index (χ0v) is 8.87. The number of benzene rings is 1. The Morgan fingerprint density at radius 1 is 0.933 bits per heavy atom. The number of ketones is 1. The average Bonchev–Trinajstić information content (AvgIpc) is 2.98. The summed E-state index contributed by atoms with van der Waals surface area (Å²) >= 11 is 0. The third-order valence-corrected chi connectivity index (χ3v) is 4.34. The molecule has 1 nitrogen and oxygen atoms in total. The molecule has 4 rings (SSSR count). The van der Waals surface area contributed by atoms with Gasteiger partial charge in [-0.15, -0.1) is 0 Å². The van der Waals surface area contributed by atoms with Gasteiger partial charge in [0.05, 0.1) is 0 Å². The van der Waals surface area contributed by atoms with Gasteiger partial charge in [0.2, 0.25) is 0 Å². The van der Waals surface area contributed by atoms with Crippen molar-refractivity contribution in [1.29, 1.82) is 0 Å². The van der Waals surface area contributed by atoms with Crippen LogP contribution in [0.25, 0.3) is 11.6 Å². The van der Waals surface area contributed by atoms with Crippen LogP contribution < -0.4 is 0 Å². The molecule has 1 aliphatic heterocycles. The summed E-state index contributed by atoms with van der Waals surface area (Å²) in [6.07, 6.45) is 4.01. The van der Waals surface area contributed by atoms with Crippen LogP contribution >= 0.6 is 0 Å². The maximum atomic E-state index is 11.6. The molecule has 1 aromatic rings. The lowest BCUT2D eigenvalue weighted by molar-refractivity contribution is -0.110. The van der Waals surface area contributed by atoms with Crippen LogP contribution in [0.5, 0.6) is 0 Å². The van der Waals surface area contributed by atoms with Crippen LogP contribution in [-0.2, 0) is 4.79 Å². The summed E-state index contributed by atoms with van der Waals surface area (Å²) < 4.78 is 0. The van der Waals surface area contributed by atoms with E-state index in [1.165, 1.54) is 21.9 Å². The largest absolute Gasteiger partial charge is 0.290 e. The summed E-state index contributed by atoms with van der Waals surface area (Å²) in [5.41, 5.74) is 4.89. The molecular weight excluding hydrogens is 200 g/mol. The SMILES string of the molecule is O=C1C=C2C(=Cc3ccccc32)C2=C1[Si]2. The molecule has 0 unspecified atom stereocenters. The van der Waals surface area contributed by atoms with E-state index in [4.69, 9.17) is 0 Å².